The lowest BCUT2D eigenvalue weighted by atomic mass is 9.84. The molecule has 0 aliphatic heterocycles. The van der Waals surface area contributed by atoms with Gasteiger partial charge in [-0.05, 0) is 78.7 Å². The molecule has 0 atom stereocenters. The molecule has 1 aromatic rings. The number of rotatable bonds is 6. The van der Waals surface area contributed by atoms with Crippen LogP contribution in [0.5, 0.6) is 5.75 Å². The Balaban J connectivity index is 2.17. The van der Waals surface area contributed by atoms with Gasteiger partial charge in [0.05, 0.1) is 0 Å². The molecule has 1 aromatic carbocycles. The summed E-state index contributed by atoms with van der Waals surface area (Å²) in [7, 11) is 10.3. The average molecular weight is 352 g/mol. The number of nitrogens with zero attached hydrogens (tertiary/aromatic N) is 4. The minimum absolute atomic E-state index is 0.724. The third-order valence-electron chi connectivity index (χ3n) is 4.82. The maximum Gasteiger partial charge on any atom is 0.210 e. The zero-order chi connectivity index (χ0) is 17.7. The van der Waals surface area contributed by atoms with Gasteiger partial charge < -0.3 is 4.84 Å². The molecule has 0 amide bonds. The van der Waals surface area contributed by atoms with Crippen LogP contribution in [0.25, 0.3) is 0 Å². The monoisotopic (exact) mass is 352 g/mol. The zero-order valence-electron chi connectivity index (χ0n) is 16.1. The summed E-state index contributed by atoms with van der Waals surface area (Å²) >= 11 is 0. The lowest BCUT2D eigenvalue weighted by Gasteiger charge is -2.39. The van der Waals surface area contributed by atoms with Crippen LogP contribution in [0.3, 0.4) is 0 Å². The number of hydrogen-bond acceptors (Lipinski definition) is 2. The Bertz CT molecular complexity index is 534. The highest BCUT2D eigenvalue weighted by Gasteiger charge is 2.30. The van der Waals surface area contributed by atoms with E-state index in [0.717, 1.165) is 11.7 Å². The van der Waals surface area contributed by atoms with Gasteiger partial charge in [-0.15, -0.1) is 0 Å². The molecule has 0 unspecified atom stereocenters. The van der Waals surface area contributed by atoms with E-state index in [4.69, 9.17) is 4.84 Å². The van der Waals surface area contributed by atoms with Crippen LogP contribution in [-0.4, -0.2) is 56.3 Å². The van der Waals surface area contributed by atoms with Crippen LogP contribution < -0.4 is 4.84 Å². The number of benzene rings is 1. The molecule has 0 N–H and O–H groups in total. The molecular weight excluding hydrogens is 319 g/mol. The predicted octanol–water partition coefficient (Wildman–Crippen LogP) is 4.66. The number of hydrogen-bond donors (Lipinski definition) is 0. The molecule has 6 heteroatoms. The van der Waals surface area contributed by atoms with Crippen molar-refractivity contribution in [2.24, 2.45) is 4.91 Å². The summed E-state index contributed by atoms with van der Waals surface area (Å²) in [4.78, 5) is 10.5. The highest BCUT2D eigenvalue weighted by Crippen LogP contribution is 2.54. The van der Waals surface area contributed by atoms with Crippen LogP contribution in [0.4, 0.5) is 0 Å². The Morgan fingerprint density at radius 2 is 1.33 bits per heavy atom. The van der Waals surface area contributed by atoms with Gasteiger partial charge in [0.2, 0.25) is 7.51 Å². The van der Waals surface area contributed by atoms with Gasteiger partial charge >= 0.3 is 0 Å². The van der Waals surface area contributed by atoms with E-state index < -0.39 is 7.51 Å². The topological polar surface area (TPSA) is 31.3 Å². The molecule has 5 nitrogen and oxygen atoms in total. The molecule has 2 rings (SSSR count). The molecule has 136 valence electrons. The Morgan fingerprint density at radius 1 is 0.833 bits per heavy atom. The molecule has 1 saturated carbocycles. The maximum atomic E-state index is 5.85. The highest BCUT2D eigenvalue weighted by molar-refractivity contribution is 7.58. The summed E-state index contributed by atoms with van der Waals surface area (Å²) in [6, 6.07) is 8.54. The zero-order valence-corrected chi connectivity index (χ0v) is 17.0. The van der Waals surface area contributed by atoms with Gasteiger partial charge in [-0.3, -0.25) is 0 Å². The Morgan fingerprint density at radius 3 is 1.79 bits per heavy atom. The average Bonchev–Trinajstić information content (AvgIpc) is 2.56. The third kappa shape index (κ3) is 4.20. The second-order valence-corrected chi connectivity index (χ2v) is 10.8. The smallest absolute Gasteiger partial charge is 0.210 e. The van der Waals surface area contributed by atoms with Crippen LogP contribution in [0.2, 0.25) is 0 Å². The molecule has 0 bridgehead atoms. The van der Waals surface area contributed by atoms with E-state index in [9.17, 15) is 0 Å². The molecule has 0 spiro atoms. The quantitative estimate of drug-likeness (QED) is 0.550. The van der Waals surface area contributed by atoms with Crippen LogP contribution in [0.15, 0.2) is 29.2 Å². The first kappa shape index (κ1) is 19.5. The van der Waals surface area contributed by atoms with Crippen molar-refractivity contribution in [2.45, 2.75) is 38.0 Å². The molecule has 0 radical (unpaired) electrons. The van der Waals surface area contributed by atoms with Crippen molar-refractivity contribution in [2.75, 3.05) is 42.3 Å². The van der Waals surface area contributed by atoms with E-state index in [1.165, 1.54) is 37.7 Å². The van der Waals surface area contributed by atoms with Crippen molar-refractivity contribution in [3.8, 4) is 5.75 Å². The maximum absolute atomic E-state index is 5.85. The Labute approximate surface area is 147 Å². The van der Waals surface area contributed by atoms with E-state index >= 15 is 0 Å². The minimum atomic E-state index is -2.01. The molecule has 1 aliphatic carbocycles. The molecule has 0 saturated heterocycles. The van der Waals surface area contributed by atoms with Crippen molar-refractivity contribution in [1.82, 2.24) is 14.0 Å². The van der Waals surface area contributed by atoms with Crippen molar-refractivity contribution >= 4 is 7.51 Å². The van der Waals surface area contributed by atoms with Gasteiger partial charge in [-0.25, -0.2) is 14.0 Å². The molecule has 1 aliphatic rings. The van der Waals surface area contributed by atoms with E-state index in [1.807, 2.05) is 42.3 Å². The molecular formula is C18H33N4OP. The normalized spacial score (nSPS) is 16.9. The van der Waals surface area contributed by atoms with Crippen LogP contribution >= 0.6 is 7.51 Å². The largest absolute Gasteiger partial charge is 0.355 e. The van der Waals surface area contributed by atoms with Crippen LogP contribution in [-0.2, 0) is 0 Å². The summed E-state index contributed by atoms with van der Waals surface area (Å²) in [5, 5.41) is 0. The summed E-state index contributed by atoms with van der Waals surface area (Å²) in [5.74, 6) is 1.53. The molecule has 0 aromatic heterocycles. The standard InChI is InChI=1S/C18H33N4OP/c1-20(2)24(21(3)4,22(5)6)19-23-18-14-12-17(13-15-18)16-10-8-7-9-11-16/h12-16H,7-11H2,1-6H3. The van der Waals surface area contributed by atoms with Gasteiger partial charge in [0.1, 0.15) is 0 Å². The first-order valence-electron chi connectivity index (χ1n) is 8.80. The van der Waals surface area contributed by atoms with Crippen molar-refractivity contribution in [3.63, 3.8) is 0 Å². The lowest BCUT2D eigenvalue weighted by Crippen LogP contribution is -2.31. The van der Waals surface area contributed by atoms with Gasteiger partial charge in [-0.2, -0.15) is 0 Å². The Hall–Kier alpha value is -0.870. The SMILES string of the molecule is CN(C)P(=NOc1ccc(C2CCCCC2)cc1)(N(C)C)N(C)C. The second kappa shape index (κ2) is 8.48. The summed E-state index contributed by atoms with van der Waals surface area (Å²) in [6.45, 7) is 0. The Kier molecular flexibility index (Phi) is 6.88. The molecule has 24 heavy (non-hydrogen) atoms. The predicted molar refractivity (Wildman–Crippen MR) is 103 cm³/mol. The van der Waals surface area contributed by atoms with Crippen molar-refractivity contribution < 1.29 is 4.84 Å². The van der Waals surface area contributed by atoms with Crippen LogP contribution in [0.1, 0.15) is 43.6 Å². The van der Waals surface area contributed by atoms with Gasteiger partial charge in [0.15, 0.2) is 5.75 Å². The second-order valence-electron chi connectivity index (χ2n) is 7.16. The van der Waals surface area contributed by atoms with E-state index in [2.05, 4.69) is 43.2 Å². The fourth-order valence-electron chi connectivity index (χ4n) is 3.63. The van der Waals surface area contributed by atoms with E-state index in [1.54, 1.807) is 0 Å². The minimum Gasteiger partial charge on any atom is -0.355 e. The first-order chi connectivity index (χ1) is 11.4. The van der Waals surface area contributed by atoms with Gasteiger partial charge in [-0.1, -0.05) is 36.3 Å². The third-order valence-corrected chi connectivity index (χ3v) is 8.34. The van der Waals surface area contributed by atoms with Gasteiger partial charge in [0, 0.05) is 0 Å². The summed E-state index contributed by atoms with van der Waals surface area (Å²) in [6.07, 6.45) is 6.75. The van der Waals surface area contributed by atoms with Crippen molar-refractivity contribution in [3.05, 3.63) is 29.8 Å². The lowest BCUT2D eigenvalue weighted by molar-refractivity contribution is 0.324. The van der Waals surface area contributed by atoms with E-state index in [0.29, 0.717) is 0 Å². The first-order valence-corrected chi connectivity index (χ1v) is 10.4. The van der Waals surface area contributed by atoms with E-state index in [-0.39, 0.29) is 0 Å². The molecule has 1 fully saturated rings. The van der Waals surface area contributed by atoms with Crippen LogP contribution in [0, 0.1) is 0 Å². The van der Waals surface area contributed by atoms with Crippen molar-refractivity contribution in [1.29, 1.82) is 0 Å². The van der Waals surface area contributed by atoms with Gasteiger partial charge in [0.25, 0.3) is 0 Å². The molecule has 0 heterocycles. The summed E-state index contributed by atoms with van der Waals surface area (Å²) < 4.78 is 6.43. The fourth-order valence-corrected chi connectivity index (χ4v) is 6.42. The summed E-state index contributed by atoms with van der Waals surface area (Å²) in [5.41, 5.74) is 1.44. The fraction of sp³-hybridized carbons (Fsp3) is 0.667. The highest BCUT2D eigenvalue weighted by atomic mass is 31.2.